The first-order valence-corrected chi connectivity index (χ1v) is 4.96. The van der Waals surface area contributed by atoms with E-state index in [1.165, 1.54) is 0 Å². The molecule has 2 aromatic rings. The van der Waals surface area contributed by atoms with E-state index in [0.717, 1.165) is 15.5 Å². The van der Waals surface area contributed by atoms with E-state index in [1.807, 2.05) is 18.2 Å². The van der Waals surface area contributed by atoms with Gasteiger partial charge in [-0.1, -0.05) is 11.3 Å². The lowest BCUT2D eigenvalue weighted by molar-refractivity contribution is 0.427. The van der Waals surface area contributed by atoms with Gasteiger partial charge in [0.05, 0.1) is 19.0 Å². The molecule has 0 aliphatic carbocycles. The van der Waals surface area contributed by atoms with Crippen molar-refractivity contribution in [3.05, 3.63) is 30.6 Å². The van der Waals surface area contributed by atoms with Gasteiger partial charge in [0, 0.05) is 16.6 Å². The highest BCUT2D eigenvalue weighted by Gasteiger charge is 2.05. The molecule has 2 N–H and O–H groups in total. The van der Waals surface area contributed by atoms with Crippen LogP contribution in [-0.4, -0.2) is 12.1 Å². The Kier molecular flexibility index (Phi) is 2.37. The molecule has 0 bridgehead atoms. The molecule has 0 fully saturated rings. The van der Waals surface area contributed by atoms with Crippen molar-refractivity contribution in [1.29, 1.82) is 0 Å². The topological polar surface area (TPSA) is 48.1 Å². The Hall–Kier alpha value is -1.55. The van der Waals surface area contributed by atoms with Gasteiger partial charge in [-0.2, -0.15) is 0 Å². The average molecular weight is 206 g/mol. The Bertz CT molecular complexity index is 439. The van der Waals surface area contributed by atoms with Crippen molar-refractivity contribution < 1.29 is 4.74 Å². The van der Waals surface area contributed by atoms with Crippen LogP contribution < -0.4 is 10.5 Å². The summed E-state index contributed by atoms with van der Waals surface area (Å²) in [5.41, 5.74) is 7.51. The first-order valence-electron chi connectivity index (χ1n) is 4.15. The molecule has 0 aromatic carbocycles. The standard InChI is InChI=1S/C10H10N2OS/c1-13-10-3-2-9(14-10)7-4-5-12-6-8(7)11/h2-6H,11H2,1H3. The second-order valence-corrected chi connectivity index (χ2v) is 3.83. The number of thiophene rings is 1. The maximum absolute atomic E-state index is 5.81. The summed E-state index contributed by atoms with van der Waals surface area (Å²) < 4.78 is 5.12. The lowest BCUT2D eigenvalue weighted by atomic mass is 10.2. The van der Waals surface area contributed by atoms with E-state index < -0.39 is 0 Å². The number of nitrogens with zero attached hydrogens (tertiary/aromatic N) is 1. The summed E-state index contributed by atoms with van der Waals surface area (Å²) in [7, 11) is 1.66. The first-order chi connectivity index (χ1) is 6.81. The minimum Gasteiger partial charge on any atom is -0.487 e. The van der Waals surface area contributed by atoms with Crippen LogP contribution in [0.3, 0.4) is 0 Å². The molecule has 0 unspecified atom stereocenters. The normalized spacial score (nSPS) is 10.1. The number of pyridine rings is 1. The molecule has 0 aliphatic rings. The van der Waals surface area contributed by atoms with Crippen LogP contribution in [0, 0.1) is 0 Å². The highest BCUT2D eigenvalue weighted by Crippen LogP contribution is 2.34. The largest absolute Gasteiger partial charge is 0.487 e. The fraction of sp³-hybridized carbons (Fsp3) is 0.100. The molecule has 0 spiro atoms. The number of aromatic nitrogens is 1. The van der Waals surface area contributed by atoms with E-state index in [1.54, 1.807) is 30.8 Å². The fourth-order valence-electron chi connectivity index (χ4n) is 1.21. The Morgan fingerprint density at radius 3 is 2.86 bits per heavy atom. The second kappa shape index (κ2) is 3.67. The van der Waals surface area contributed by atoms with Crippen LogP contribution in [0.4, 0.5) is 5.69 Å². The third kappa shape index (κ3) is 1.56. The van der Waals surface area contributed by atoms with Gasteiger partial charge in [0.25, 0.3) is 0 Å². The van der Waals surface area contributed by atoms with Crippen molar-refractivity contribution in [3.8, 4) is 15.5 Å². The Balaban J connectivity index is 2.44. The summed E-state index contributed by atoms with van der Waals surface area (Å²) >= 11 is 1.57. The summed E-state index contributed by atoms with van der Waals surface area (Å²) in [6, 6.07) is 5.83. The molecular formula is C10H10N2OS. The van der Waals surface area contributed by atoms with Gasteiger partial charge >= 0.3 is 0 Å². The van der Waals surface area contributed by atoms with Crippen LogP contribution in [0.15, 0.2) is 30.6 Å². The summed E-state index contributed by atoms with van der Waals surface area (Å²) in [4.78, 5) is 5.04. The van der Waals surface area contributed by atoms with Crippen LogP contribution >= 0.6 is 11.3 Å². The van der Waals surface area contributed by atoms with E-state index in [2.05, 4.69) is 4.98 Å². The predicted octanol–water partition coefficient (Wildman–Crippen LogP) is 2.40. The van der Waals surface area contributed by atoms with E-state index in [0.29, 0.717) is 5.69 Å². The molecule has 0 amide bonds. The van der Waals surface area contributed by atoms with Gasteiger partial charge in [0.15, 0.2) is 5.06 Å². The summed E-state index contributed by atoms with van der Waals surface area (Å²) in [6.07, 6.45) is 3.39. The molecule has 0 atom stereocenters. The molecule has 2 aromatic heterocycles. The van der Waals surface area contributed by atoms with E-state index in [-0.39, 0.29) is 0 Å². The minimum absolute atomic E-state index is 0.692. The van der Waals surface area contributed by atoms with Gasteiger partial charge in [0.2, 0.25) is 0 Å². The highest BCUT2D eigenvalue weighted by atomic mass is 32.1. The number of ether oxygens (including phenoxy) is 1. The number of methoxy groups -OCH3 is 1. The maximum atomic E-state index is 5.81. The van der Waals surface area contributed by atoms with Crippen molar-refractivity contribution in [2.45, 2.75) is 0 Å². The van der Waals surface area contributed by atoms with Gasteiger partial charge in [-0.15, -0.1) is 0 Å². The number of nitrogen functional groups attached to an aromatic ring is 1. The molecule has 2 rings (SSSR count). The zero-order chi connectivity index (χ0) is 9.97. The average Bonchev–Trinajstić information content (AvgIpc) is 2.67. The maximum Gasteiger partial charge on any atom is 0.173 e. The molecule has 0 aliphatic heterocycles. The number of anilines is 1. The molecule has 2 heterocycles. The SMILES string of the molecule is COc1ccc(-c2ccncc2N)s1. The number of rotatable bonds is 2. The third-order valence-electron chi connectivity index (χ3n) is 1.90. The molecule has 4 heteroatoms. The second-order valence-electron chi connectivity index (χ2n) is 2.79. The number of hydrogen-bond donors (Lipinski definition) is 1. The first kappa shape index (κ1) is 9.02. The molecule has 0 radical (unpaired) electrons. The molecule has 14 heavy (non-hydrogen) atoms. The van der Waals surface area contributed by atoms with Crippen LogP contribution in [0.2, 0.25) is 0 Å². The lowest BCUT2D eigenvalue weighted by Gasteiger charge is -2.00. The van der Waals surface area contributed by atoms with Crippen molar-refractivity contribution >= 4 is 17.0 Å². The Labute approximate surface area is 86.2 Å². The smallest absolute Gasteiger partial charge is 0.173 e. The van der Waals surface area contributed by atoms with Crippen LogP contribution in [-0.2, 0) is 0 Å². The summed E-state index contributed by atoms with van der Waals surface area (Å²) in [5, 5.41) is 0.885. The van der Waals surface area contributed by atoms with Crippen molar-refractivity contribution in [1.82, 2.24) is 4.98 Å². The number of nitrogens with two attached hydrogens (primary N) is 1. The molecule has 0 saturated carbocycles. The van der Waals surface area contributed by atoms with Gasteiger partial charge in [-0.3, -0.25) is 4.98 Å². The zero-order valence-corrected chi connectivity index (χ0v) is 8.54. The van der Waals surface area contributed by atoms with Crippen molar-refractivity contribution in [2.24, 2.45) is 0 Å². The molecular weight excluding hydrogens is 196 g/mol. The summed E-state index contributed by atoms with van der Waals surface area (Å²) in [6.45, 7) is 0. The number of hydrogen-bond acceptors (Lipinski definition) is 4. The van der Waals surface area contributed by atoms with Gasteiger partial charge < -0.3 is 10.5 Å². The van der Waals surface area contributed by atoms with Crippen molar-refractivity contribution in [2.75, 3.05) is 12.8 Å². The van der Waals surface area contributed by atoms with Crippen LogP contribution in [0.5, 0.6) is 5.06 Å². The van der Waals surface area contributed by atoms with E-state index >= 15 is 0 Å². The van der Waals surface area contributed by atoms with Crippen LogP contribution in [0.1, 0.15) is 0 Å². The minimum atomic E-state index is 0.692. The lowest BCUT2D eigenvalue weighted by Crippen LogP contribution is -1.88. The fourth-order valence-corrected chi connectivity index (χ4v) is 2.07. The summed E-state index contributed by atoms with van der Waals surface area (Å²) in [5.74, 6) is 0. The quantitative estimate of drug-likeness (QED) is 0.820. The van der Waals surface area contributed by atoms with Crippen molar-refractivity contribution in [3.63, 3.8) is 0 Å². The van der Waals surface area contributed by atoms with E-state index in [4.69, 9.17) is 10.5 Å². The predicted molar refractivity (Wildman–Crippen MR) is 58.5 cm³/mol. The highest BCUT2D eigenvalue weighted by molar-refractivity contribution is 7.17. The van der Waals surface area contributed by atoms with E-state index in [9.17, 15) is 0 Å². The van der Waals surface area contributed by atoms with Gasteiger partial charge in [-0.05, 0) is 18.2 Å². The molecule has 3 nitrogen and oxygen atoms in total. The molecule has 0 saturated heterocycles. The third-order valence-corrected chi connectivity index (χ3v) is 2.98. The Morgan fingerprint density at radius 2 is 2.21 bits per heavy atom. The van der Waals surface area contributed by atoms with Gasteiger partial charge in [-0.25, -0.2) is 0 Å². The zero-order valence-electron chi connectivity index (χ0n) is 7.73. The van der Waals surface area contributed by atoms with Gasteiger partial charge in [0.1, 0.15) is 0 Å². The molecule has 72 valence electrons. The monoisotopic (exact) mass is 206 g/mol. The Morgan fingerprint density at radius 1 is 1.36 bits per heavy atom. The van der Waals surface area contributed by atoms with Crippen LogP contribution in [0.25, 0.3) is 10.4 Å².